The molecule has 1 atom stereocenters. The quantitative estimate of drug-likeness (QED) is 0.813. The molecule has 8 heteroatoms. The van der Waals surface area contributed by atoms with E-state index in [1.165, 1.54) is 11.0 Å². The van der Waals surface area contributed by atoms with E-state index in [0.717, 1.165) is 5.69 Å². The van der Waals surface area contributed by atoms with Gasteiger partial charge in [-0.2, -0.15) is 0 Å². The highest BCUT2D eigenvalue weighted by molar-refractivity contribution is 6.35. The molecule has 1 saturated heterocycles. The standard InChI is InChI=1S/C18H16Cl2N2O4/c19-12-6-7-16(15(20)8-12)25-11-17(23)21-9-14-10-22(18(24)26-14)13-4-2-1-3-5-13/h1-8,14H,9-11H2,(H,21,23). The lowest BCUT2D eigenvalue weighted by molar-refractivity contribution is -0.123. The molecule has 0 saturated carbocycles. The first-order valence-electron chi connectivity index (χ1n) is 7.90. The van der Waals surface area contributed by atoms with E-state index in [9.17, 15) is 9.59 Å². The number of carbonyl (C=O) groups excluding carboxylic acids is 2. The van der Waals surface area contributed by atoms with Gasteiger partial charge in [0.1, 0.15) is 11.9 Å². The average molecular weight is 395 g/mol. The predicted octanol–water partition coefficient (Wildman–Crippen LogP) is 3.51. The van der Waals surface area contributed by atoms with Gasteiger partial charge in [-0.3, -0.25) is 9.69 Å². The summed E-state index contributed by atoms with van der Waals surface area (Å²) in [6.45, 7) is 0.364. The van der Waals surface area contributed by atoms with E-state index < -0.39 is 12.2 Å². The summed E-state index contributed by atoms with van der Waals surface area (Å²) < 4.78 is 10.6. The number of halogens is 2. The van der Waals surface area contributed by atoms with Gasteiger partial charge in [0.2, 0.25) is 0 Å². The second-order valence-corrected chi connectivity index (χ2v) is 6.46. The van der Waals surface area contributed by atoms with Crippen LogP contribution in [0.3, 0.4) is 0 Å². The molecule has 1 heterocycles. The minimum absolute atomic E-state index is 0.200. The molecule has 1 aliphatic heterocycles. The molecule has 2 amide bonds. The Morgan fingerprint density at radius 2 is 2.00 bits per heavy atom. The van der Waals surface area contributed by atoms with Crippen LogP contribution in [0, 0.1) is 0 Å². The maximum atomic E-state index is 11.9. The third-order valence-electron chi connectivity index (χ3n) is 3.72. The van der Waals surface area contributed by atoms with Gasteiger partial charge in [0.25, 0.3) is 5.91 Å². The van der Waals surface area contributed by atoms with Gasteiger partial charge >= 0.3 is 6.09 Å². The highest BCUT2D eigenvalue weighted by atomic mass is 35.5. The molecule has 2 aromatic carbocycles. The zero-order valence-electron chi connectivity index (χ0n) is 13.7. The molecule has 136 valence electrons. The number of para-hydroxylation sites is 1. The largest absolute Gasteiger partial charge is 0.482 e. The summed E-state index contributed by atoms with van der Waals surface area (Å²) in [4.78, 5) is 25.4. The first kappa shape index (κ1) is 18.4. The minimum Gasteiger partial charge on any atom is -0.482 e. The molecule has 1 aliphatic rings. The summed E-state index contributed by atoms with van der Waals surface area (Å²) in [5.41, 5.74) is 0.757. The molecule has 2 aromatic rings. The van der Waals surface area contributed by atoms with Gasteiger partial charge in [-0.1, -0.05) is 41.4 Å². The lowest BCUT2D eigenvalue weighted by Gasteiger charge is -2.13. The Labute approximate surface area is 160 Å². The number of nitrogens with zero attached hydrogens (tertiary/aromatic N) is 1. The molecule has 0 bridgehead atoms. The van der Waals surface area contributed by atoms with Gasteiger partial charge in [-0.15, -0.1) is 0 Å². The van der Waals surface area contributed by atoms with Crippen LogP contribution < -0.4 is 15.0 Å². The Balaban J connectivity index is 1.45. The van der Waals surface area contributed by atoms with Crippen LogP contribution in [0.15, 0.2) is 48.5 Å². The van der Waals surface area contributed by atoms with Crippen LogP contribution >= 0.6 is 23.2 Å². The summed E-state index contributed by atoms with van der Waals surface area (Å²) in [6, 6.07) is 14.0. The van der Waals surface area contributed by atoms with E-state index >= 15 is 0 Å². The molecular weight excluding hydrogens is 379 g/mol. The van der Waals surface area contributed by atoms with E-state index in [4.69, 9.17) is 32.7 Å². The smallest absolute Gasteiger partial charge is 0.414 e. The molecule has 0 aromatic heterocycles. The van der Waals surface area contributed by atoms with Crippen molar-refractivity contribution in [2.75, 3.05) is 24.6 Å². The average Bonchev–Trinajstić information content (AvgIpc) is 3.01. The first-order valence-corrected chi connectivity index (χ1v) is 8.66. The van der Waals surface area contributed by atoms with Crippen LogP contribution in [0.1, 0.15) is 0 Å². The zero-order valence-corrected chi connectivity index (χ0v) is 15.2. The summed E-state index contributed by atoms with van der Waals surface area (Å²) in [6.07, 6.45) is -0.856. The summed E-state index contributed by atoms with van der Waals surface area (Å²) >= 11 is 11.8. The summed E-state index contributed by atoms with van der Waals surface area (Å²) in [7, 11) is 0. The number of cyclic esters (lactones) is 1. The Bertz CT molecular complexity index is 801. The number of amides is 2. The number of ether oxygens (including phenoxy) is 2. The SMILES string of the molecule is O=C(COc1ccc(Cl)cc1Cl)NCC1CN(c2ccccc2)C(=O)O1. The molecule has 0 aliphatic carbocycles. The van der Waals surface area contributed by atoms with Gasteiger partial charge < -0.3 is 14.8 Å². The van der Waals surface area contributed by atoms with Crippen LogP contribution in [0.5, 0.6) is 5.75 Å². The molecule has 26 heavy (non-hydrogen) atoms. The van der Waals surface area contributed by atoms with Crippen molar-refractivity contribution in [3.05, 3.63) is 58.6 Å². The van der Waals surface area contributed by atoms with Crippen molar-refractivity contribution < 1.29 is 19.1 Å². The minimum atomic E-state index is -0.431. The number of carbonyl (C=O) groups is 2. The highest BCUT2D eigenvalue weighted by Crippen LogP contribution is 2.27. The fourth-order valence-corrected chi connectivity index (χ4v) is 2.92. The zero-order chi connectivity index (χ0) is 18.5. The number of rotatable bonds is 6. The Hall–Kier alpha value is -2.44. The number of hydrogen-bond acceptors (Lipinski definition) is 4. The molecule has 0 radical (unpaired) electrons. The van der Waals surface area contributed by atoms with Crippen LogP contribution in [0.2, 0.25) is 10.0 Å². The number of hydrogen-bond donors (Lipinski definition) is 1. The van der Waals surface area contributed by atoms with E-state index in [2.05, 4.69) is 5.32 Å². The topological polar surface area (TPSA) is 67.9 Å². The van der Waals surface area contributed by atoms with Gasteiger partial charge in [0, 0.05) is 10.7 Å². The van der Waals surface area contributed by atoms with Crippen molar-refractivity contribution in [3.8, 4) is 5.75 Å². The monoisotopic (exact) mass is 394 g/mol. The molecule has 0 spiro atoms. The maximum absolute atomic E-state index is 11.9. The van der Waals surface area contributed by atoms with Crippen LogP contribution in [-0.4, -0.2) is 37.8 Å². The molecule has 1 unspecified atom stereocenters. The fraction of sp³-hybridized carbons (Fsp3) is 0.222. The second-order valence-electron chi connectivity index (χ2n) is 5.62. The van der Waals surface area contributed by atoms with Crippen molar-refractivity contribution in [2.45, 2.75) is 6.10 Å². The van der Waals surface area contributed by atoms with Gasteiger partial charge in [-0.05, 0) is 30.3 Å². The second kappa shape index (κ2) is 8.29. The third kappa shape index (κ3) is 4.59. The molecule has 1 N–H and O–H groups in total. The maximum Gasteiger partial charge on any atom is 0.414 e. The molecule has 6 nitrogen and oxygen atoms in total. The molecule has 1 fully saturated rings. The lowest BCUT2D eigenvalue weighted by atomic mass is 10.2. The summed E-state index contributed by atoms with van der Waals surface area (Å²) in [5.74, 6) is 0.0268. The summed E-state index contributed by atoms with van der Waals surface area (Å²) in [5, 5.41) is 3.49. The van der Waals surface area contributed by atoms with Crippen molar-refractivity contribution in [1.29, 1.82) is 0 Å². The van der Waals surface area contributed by atoms with E-state index in [1.807, 2.05) is 30.3 Å². The van der Waals surface area contributed by atoms with Crippen molar-refractivity contribution in [1.82, 2.24) is 5.32 Å². The number of anilines is 1. The van der Waals surface area contributed by atoms with Crippen LogP contribution in [0.4, 0.5) is 10.5 Å². The first-order chi connectivity index (χ1) is 12.5. The fourth-order valence-electron chi connectivity index (χ4n) is 2.46. The Morgan fingerprint density at radius 1 is 1.23 bits per heavy atom. The molecule has 3 rings (SSSR count). The predicted molar refractivity (Wildman–Crippen MR) is 99.0 cm³/mol. The van der Waals surface area contributed by atoms with E-state index in [1.54, 1.807) is 12.1 Å². The van der Waals surface area contributed by atoms with Crippen LogP contribution in [0.25, 0.3) is 0 Å². The Kier molecular flexibility index (Phi) is 5.85. The van der Waals surface area contributed by atoms with Gasteiger partial charge in [0.05, 0.1) is 18.1 Å². The highest BCUT2D eigenvalue weighted by Gasteiger charge is 2.32. The normalized spacial score (nSPS) is 16.3. The van der Waals surface area contributed by atoms with Crippen LogP contribution in [-0.2, 0) is 9.53 Å². The van der Waals surface area contributed by atoms with Crippen molar-refractivity contribution in [2.24, 2.45) is 0 Å². The molecular formula is C18H16Cl2N2O4. The van der Waals surface area contributed by atoms with Gasteiger partial charge in [-0.25, -0.2) is 4.79 Å². The van der Waals surface area contributed by atoms with E-state index in [-0.39, 0.29) is 19.1 Å². The third-order valence-corrected chi connectivity index (χ3v) is 4.25. The lowest BCUT2D eigenvalue weighted by Crippen LogP contribution is -2.37. The number of nitrogens with one attached hydrogen (secondary N) is 1. The van der Waals surface area contributed by atoms with Gasteiger partial charge in [0.15, 0.2) is 6.61 Å². The van der Waals surface area contributed by atoms with E-state index in [0.29, 0.717) is 22.3 Å². The van der Waals surface area contributed by atoms with Crippen molar-refractivity contribution in [3.63, 3.8) is 0 Å². The van der Waals surface area contributed by atoms with Crippen molar-refractivity contribution >= 4 is 40.9 Å². The number of benzene rings is 2. The Morgan fingerprint density at radius 3 is 2.73 bits per heavy atom.